The lowest BCUT2D eigenvalue weighted by atomic mass is 10.2. The normalized spacial score (nSPS) is 11.0. The predicted molar refractivity (Wildman–Crippen MR) is 102 cm³/mol. The number of anilines is 1. The Hall–Kier alpha value is -2.84. The molecule has 2 heterocycles. The van der Waals surface area contributed by atoms with Gasteiger partial charge in [0, 0.05) is 21.6 Å². The monoisotopic (exact) mass is 384 g/mol. The van der Waals surface area contributed by atoms with Gasteiger partial charge in [0.2, 0.25) is 5.16 Å². The third-order valence-corrected chi connectivity index (χ3v) is 4.66. The topological polar surface area (TPSA) is 88.5 Å². The average Bonchev–Trinajstić information content (AvgIpc) is 3.28. The van der Waals surface area contributed by atoms with Crippen molar-refractivity contribution in [1.29, 1.82) is 0 Å². The van der Waals surface area contributed by atoms with Crippen molar-refractivity contribution >= 4 is 45.9 Å². The van der Waals surface area contributed by atoms with Crippen LogP contribution in [-0.4, -0.2) is 37.4 Å². The molecule has 0 radical (unpaired) electrons. The zero-order valence-corrected chi connectivity index (χ0v) is 15.2. The van der Waals surface area contributed by atoms with Gasteiger partial charge in [-0.3, -0.25) is 4.79 Å². The van der Waals surface area contributed by atoms with E-state index in [9.17, 15) is 4.79 Å². The third kappa shape index (κ3) is 3.16. The number of aromatic nitrogens is 5. The molecule has 0 unspecified atom stereocenters. The van der Waals surface area contributed by atoms with E-state index in [1.165, 1.54) is 11.8 Å². The summed E-state index contributed by atoms with van der Waals surface area (Å²) < 4.78 is 1.62. The Morgan fingerprint density at radius 1 is 1.23 bits per heavy atom. The molecule has 0 aliphatic carbocycles. The molecule has 0 bridgehead atoms. The molecule has 7 nitrogen and oxygen atoms in total. The number of fused-ring (bicyclic) bond motifs is 1. The SMILES string of the molecule is CSc1nnnn1-c1cccc(NC(=O)c2cc3ccc(Cl)cc3[nH]2)c1. The number of carbonyl (C=O) groups excluding carboxylic acids is 1. The molecule has 4 aromatic rings. The Labute approximate surface area is 157 Å². The van der Waals surface area contributed by atoms with Crippen LogP contribution in [0.2, 0.25) is 5.02 Å². The summed E-state index contributed by atoms with van der Waals surface area (Å²) >= 11 is 7.43. The van der Waals surface area contributed by atoms with Crippen LogP contribution in [0.1, 0.15) is 10.5 Å². The number of carbonyl (C=O) groups is 1. The van der Waals surface area contributed by atoms with E-state index in [0.29, 0.717) is 21.6 Å². The zero-order valence-electron chi connectivity index (χ0n) is 13.6. The Morgan fingerprint density at radius 3 is 2.96 bits per heavy atom. The van der Waals surface area contributed by atoms with Gasteiger partial charge >= 0.3 is 0 Å². The molecule has 0 aliphatic heterocycles. The minimum atomic E-state index is -0.240. The Bertz CT molecular complexity index is 1110. The van der Waals surface area contributed by atoms with Gasteiger partial charge < -0.3 is 10.3 Å². The second kappa shape index (κ2) is 6.81. The van der Waals surface area contributed by atoms with Crippen LogP contribution in [0.15, 0.2) is 53.7 Å². The van der Waals surface area contributed by atoms with Gasteiger partial charge in [0.1, 0.15) is 5.69 Å². The maximum absolute atomic E-state index is 12.6. The summed E-state index contributed by atoms with van der Waals surface area (Å²) in [7, 11) is 0. The van der Waals surface area contributed by atoms with Crippen LogP contribution in [0.5, 0.6) is 0 Å². The average molecular weight is 385 g/mol. The van der Waals surface area contributed by atoms with Crippen LogP contribution < -0.4 is 5.32 Å². The van der Waals surface area contributed by atoms with Crippen LogP contribution in [0.4, 0.5) is 5.69 Å². The lowest BCUT2D eigenvalue weighted by Crippen LogP contribution is -2.12. The molecule has 2 N–H and O–H groups in total. The number of amides is 1. The first kappa shape index (κ1) is 16.6. The fourth-order valence-corrected chi connectivity index (χ4v) is 3.21. The van der Waals surface area contributed by atoms with Crippen LogP contribution in [-0.2, 0) is 0 Å². The lowest BCUT2D eigenvalue weighted by Gasteiger charge is -2.07. The third-order valence-electron chi connectivity index (χ3n) is 3.80. The van der Waals surface area contributed by atoms with Crippen LogP contribution >= 0.6 is 23.4 Å². The minimum absolute atomic E-state index is 0.240. The summed E-state index contributed by atoms with van der Waals surface area (Å²) in [5.74, 6) is -0.240. The Kier molecular flexibility index (Phi) is 4.36. The minimum Gasteiger partial charge on any atom is -0.350 e. The molecule has 26 heavy (non-hydrogen) atoms. The Morgan fingerprint density at radius 2 is 2.12 bits per heavy atom. The summed E-state index contributed by atoms with van der Waals surface area (Å²) in [5, 5.41) is 16.7. The van der Waals surface area contributed by atoms with E-state index in [1.54, 1.807) is 22.9 Å². The van der Waals surface area contributed by atoms with Gasteiger partial charge in [-0.1, -0.05) is 35.5 Å². The predicted octanol–water partition coefficient (Wildman–Crippen LogP) is 3.77. The summed E-state index contributed by atoms with van der Waals surface area (Å²) in [6, 6.07) is 14.6. The van der Waals surface area contributed by atoms with E-state index in [1.807, 2.05) is 36.6 Å². The Balaban J connectivity index is 1.60. The van der Waals surface area contributed by atoms with E-state index in [0.717, 1.165) is 16.6 Å². The fourth-order valence-electron chi connectivity index (χ4n) is 2.60. The highest BCUT2D eigenvalue weighted by atomic mass is 35.5. The summed E-state index contributed by atoms with van der Waals surface area (Å²) in [5.41, 5.74) is 2.68. The largest absolute Gasteiger partial charge is 0.350 e. The first-order valence-electron chi connectivity index (χ1n) is 7.66. The molecule has 4 rings (SSSR count). The summed E-state index contributed by atoms with van der Waals surface area (Å²) in [6.07, 6.45) is 1.90. The van der Waals surface area contributed by atoms with E-state index in [-0.39, 0.29) is 5.91 Å². The fraction of sp³-hybridized carbons (Fsp3) is 0.0588. The molecular formula is C17H13ClN6OS. The van der Waals surface area contributed by atoms with Gasteiger partial charge in [0.05, 0.1) is 5.69 Å². The van der Waals surface area contributed by atoms with Gasteiger partial charge in [0.15, 0.2) is 0 Å². The number of hydrogen-bond acceptors (Lipinski definition) is 5. The number of nitrogens with zero attached hydrogens (tertiary/aromatic N) is 4. The van der Waals surface area contributed by atoms with Crippen molar-refractivity contribution in [2.45, 2.75) is 5.16 Å². The van der Waals surface area contributed by atoms with Gasteiger partial charge in [-0.25, -0.2) is 0 Å². The van der Waals surface area contributed by atoms with Crippen molar-refractivity contribution in [3.63, 3.8) is 0 Å². The standard InChI is InChI=1S/C17H13ClN6OS/c1-26-17-21-22-23-24(17)13-4-2-3-12(9-13)19-16(25)15-7-10-5-6-11(18)8-14(10)20-15/h2-9,20H,1H3,(H,19,25). The number of aromatic amines is 1. The van der Waals surface area contributed by atoms with Gasteiger partial charge in [-0.2, -0.15) is 4.68 Å². The lowest BCUT2D eigenvalue weighted by molar-refractivity contribution is 0.102. The van der Waals surface area contributed by atoms with E-state index >= 15 is 0 Å². The number of H-pyrrole nitrogens is 1. The van der Waals surface area contributed by atoms with Gasteiger partial charge in [0.25, 0.3) is 5.91 Å². The summed E-state index contributed by atoms with van der Waals surface area (Å²) in [4.78, 5) is 15.6. The highest BCUT2D eigenvalue weighted by molar-refractivity contribution is 7.98. The highest BCUT2D eigenvalue weighted by Crippen LogP contribution is 2.22. The van der Waals surface area contributed by atoms with Crippen molar-refractivity contribution in [3.05, 3.63) is 59.2 Å². The van der Waals surface area contributed by atoms with Crippen LogP contribution in [0, 0.1) is 0 Å². The molecule has 130 valence electrons. The van der Waals surface area contributed by atoms with Crippen molar-refractivity contribution in [2.75, 3.05) is 11.6 Å². The second-order valence-corrected chi connectivity index (χ2v) is 6.71. The van der Waals surface area contributed by atoms with Crippen LogP contribution in [0.3, 0.4) is 0 Å². The van der Waals surface area contributed by atoms with Crippen molar-refractivity contribution in [2.24, 2.45) is 0 Å². The summed E-state index contributed by atoms with van der Waals surface area (Å²) in [6.45, 7) is 0. The van der Waals surface area contributed by atoms with Crippen molar-refractivity contribution in [3.8, 4) is 5.69 Å². The molecule has 0 fully saturated rings. The molecule has 9 heteroatoms. The first-order valence-corrected chi connectivity index (χ1v) is 9.27. The number of thioether (sulfide) groups is 1. The number of rotatable bonds is 4. The maximum Gasteiger partial charge on any atom is 0.272 e. The molecule has 2 aromatic carbocycles. The van der Waals surface area contributed by atoms with Gasteiger partial charge in [-0.15, -0.1) is 5.10 Å². The number of nitrogens with one attached hydrogen (secondary N) is 2. The van der Waals surface area contributed by atoms with Gasteiger partial charge in [-0.05, 0) is 53.1 Å². The highest BCUT2D eigenvalue weighted by Gasteiger charge is 2.12. The molecule has 1 amide bonds. The number of halogens is 1. The molecule has 0 saturated carbocycles. The molecule has 0 aliphatic rings. The van der Waals surface area contributed by atoms with E-state index in [2.05, 4.69) is 25.8 Å². The molecular weight excluding hydrogens is 372 g/mol. The van der Waals surface area contributed by atoms with Crippen molar-refractivity contribution in [1.82, 2.24) is 25.2 Å². The second-order valence-electron chi connectivity index (χ2n) is 5.50. The van der Waals surface area contributed by atoms with E-state index in [4.69, 9.17) is 11.6 Å². The van der Waals surface area contributed by atoms with Crippen LogP contribution in [0.25, 0.3) is 16.6 Å². The maximum atomic E-state index is 12.6. The molecule has 2 aromatic heterocycles. The number of tetrazole rings is 1. The van der Waals surface area contributed by atoms with Crippen molar-refractivity contribution < 1.29 is 4.79 Å². The molecule has 0 saturated heterocycles. The molecule has 0 atom stereocenters. The number of benzene rings is 2. The quantitative estimate of drug-likeness (QED) is 0.523. The molecule has 0 spiro atoms. The smallest absolute Gasteiger partial charge is 0.272 e. The van der Waals surface area contributed by atoms with E-state index < -0.39 is 0 Å². The number of hydrogen-bond donors (Lipinski definition) is 2. The first-order chi connectivity index (χ1) is 12.6. The zero-order chi connectivity index (χ0) is 18.1.